The van der Waals surface area contributed by atoms with Crippen LogP contribution >= 0.6 is 0 Å². The van der Waals surface area contributed by atoms with Gasteiger partial charge in [0.25, 0.3) is 0 Å². The van der Waals surface area contributed by atoms with Gasteiger partial charge in [-0.15, -0.1) is 0 Å². The molecule has 2 atom stereocenters. The third-order valence-electron chi connectivity index (χ3n) is 4.13. The van der Waals surface area contributed by atoms with Crippen LogP contribution in [0.4, 0.5) is 0 Å². The SMILES string of the molecule is CCC(CC)CS(=O)(=O)N1CC(C(=O)O)CCC1C. The Morgan fingerprint density at radius 2 is 1.89 bits per heavy atom. The van der Waals surface area contributed by atoms with Crippen molar-refractivity contribution in [2.24, 2.45) is 11.8 Å². The molecular weight excluding hydrogens is 266 g/mol. The summed E-state index contributed by atoms with van der Waals surface area (Å²) >= 11 is 0. The van der Waals surface area contributed by atoms with Gasteiger partial charge in [0, 0.05) is 12.6 Å². The van der Waals surface area contributed by atoms with Gasteiger partial charge in [0.1, 0.15) is 0 Å². The van der Waals surface area contributed by atoms with Gasteiger partial charge in [-0.05, 0) is 25.7 Å². The molecule has 0 saturated carbocycles. The summed E-state index contributed by atoms with van der Waals surface area (Å²) in [5, 5.41) is 9.06. The summed E-state index contributed by atoms with van der Waals surface area (Å²) in [5.41, 5.74) is 0. The van der Waals surface area contributed by atoms with E-state index in [-0.39, 0.29) is 24.3 Å². The molecular formula is C13H25NO4S. The van der Waals surface area contributed by atoms with E-state index in [4.69, 9.17) is 5.11 Å². The van der Waals surface area contributed by atoms with E-state index in [2.05, 4.69) is 0 Å². The minimum absolute atomic E-state index is 0.0880. The van der Waals surface area contributed by atoms with E-state index in [9.17, 15) is 13.2 Å². The van der Waals surface area contributed by atoms with Crippen LogP contribution in [0.1, 0.15) is 46.5 Å². The second kappa shape index (κ2) is 6.70. The number of carboxylic acid groups (broad SMARTS) is 1. The molecule has 0 aromatic heterocycles. The molecule has 1 aliphatic rings. The van der Waals surface area contributed by atoms with Crippen LogP contribution in [0.3, 0.4) is 0 Å². The molecule has 0 amide bonds. The van der Waals surface area contributed by atoms with Crippen molar-refractivity contribution in [1.29, 1.82) is 0 Å². The highest BCUT2D eigenvalue weighted by Gasteiger charge is 2.37. The third kappa shape index (κ3) is 4.18. The van der Waals surface area contributed by atoms with Crippen LogP contribution in [0.5, 0.6) is 0 Å². The summed E-state index contributed by atoms with van der Waals surface area (Å²) in [6, 6.07) is -0.0880. The van der Waals surface area contributed by atoms with E-state index in [0.717, 1.165) is 12.8 Å². The molecule has 5 nitrogen and oxygen atoms in total. The van der Waals surface area contributed by atoms with Crippen LogP contribution in [0.2, 0.25) is 0 Å². The van der Waals surface area contributed by atoms with Gasteiger partial charge in [0.2, 0.25) is 10.0 Å². The Bertz CT molecular complexity index is 403. The Kier molecular flexibility index (Phi) is 5.80. The molecule has 0 aliphatic carbocycles. The van der Waals surface area contributed by atoms with Gasteiger partial charge in [-0.1, -0.05) is 26.7 Å². The first kappa shape index (κ1) is 16.4. The predicted molar refractivity (Wildman–Crippen MR) is 74.4 cm³/mol. The van der Waals surface area contributed by atoms with Gasteiger partial charge in [-0.2, -0.15) is 4.31 Å². The van der Waals surface area contributed by atoms with E-state index < -0.39 is 21.9 Å². The second-order valence-corrected chi connectivity index (χ2v) is 7.46. The van der Waals surface area contributed by atoms with E-state index in [0.29, 0.717) is 12.8 Å². The monoisotopic (exact) mass is 291 g/mol. The van der Waals surface area contributed by atoms with Gasteiger partial charge in [-0.25, -0.2) is 8.42 Å². The van der Waals surface area contributed by atoms with Crippen molar-refractivity contribution in [2.75, 3.05) is 12.3 Å². The fourth-order valence-corrected chi connectivity index (χ4v) is 4.90. The van der Waals surface area contributed by atoms with Crippen molar-refractivity contribution in [3.8, 4) is 0 Å². The molecule has 19 heavy (non-hydrogen) atoms. The van der Waals surface area contributed by atoms with Crippen molar-refractivity contribution in [3.05, 3.63) is 0 Å². The zero-order chi connectivity index (χ0) is 14.6. The van der Waals surface area contributed by atoms with Crippen LogP contribution in [-0.4, -0.2) is 42.1 Å². The zero-order valence-electron chi connectivity index (χ0n) is 12.0. The molecule has 1 saturated heterocycles. The number of carbonyl (C=O) groups is 1. The van der Waals surface area contributed by atoms with E-state index in [1.807, 2.05) is 20.8 Å². The van der Waals surface area contributed by atoms with Gasteiger partial charge < -0.3 is 5.11 Å². The van der Waals surface area contributed by atoms with Gasteiger partial charge in [-0.3, -0.25) is 4.79 Å². The molecule has 1 aliphatic heterocycles. The number of carboxylic acids is 1. The highest BCUT2D eigenvalue weighted by molar-refractivity contribution is 7.89. The maximum atomic E-state index is 12.4. The quantitative estimate of drug-likeness (QED) is 0.811. The number of hydrogen-bond donors (Lipinski definition) is 1. The Hall–Kier alpha value is -0.620. The molecule has 0 aromatic rings. The fraction of sp³-hybridized carbons (Fsp3) is 0.923. The number of hydrogen-bond acceptors (Lipinski definition) is 3. The molecule has 0 radical (unpaired) electrons. The Morgan fingerprint density at radius 1 is 1.32 bits per heavy atom. The smallest absolute Gasteiger partial charge is 0.307 e. The van der Waals surface area contributed by atoms with Crippen molar-refractivity contribution in [1.82, 2.24) is 4.31 Å². The number of aliphatic carboxylic acids is 1. The molecule has 1 fully saturated rings. The molecule has 0 spiro atoms. The van der Waals surface area contributed by atoms with Crippen molar-refractivity contribution >= 4 is 16.0 Å². The standard InChI is InChI=1S/C13H25NO4S/c1-4-11(5-2)9-19(17,18)14-8-12(13(15)16)7-6-10(14)3/h10-12H,4-9H2,1-3H3,(H,15,16). The molecule has 2 unspecified atom stereocenters. The summed E-state index contributed by atoms with van der Waals surface area (Å²) in [6.45, 7) is 5.97. The summed E-state index contributed by atoms with van der Waals surface area (Å²) < 4.78 is 26.3. The van der Waals surface area contributed by atoms with Gasteiger partial charge in [0.05, 0.1) is 11.7 Å². The van der Waals surface area contributed by atoms with Crippen LogP contribution in [0.15, 0.2) is 0 Å². The molecule has 0 aromatic carbocycles. The van der Waals surface area contributed by atoms with Gasteiger partial charge in [0.15, 0.2) is 0 Å². The van der Waals surface area contributed by atoms with Crippen LogP contribution in [0, 0.1) is 11.8 Å². The Morgan fingerprint density at radius 3 is 2.37 bits per heavy atom. The van der Waals surface area contributed by atoms with Crippen molar-refractivity contribution in [2.45, 2.75) is 52.5 Å². The summed E-state index contributed by atoms with van der Waals surface area (Å²) in [5.74, 6) is -1.17. The van der Waals surface area contributed by atoms with Crippen LogP contribution in [-0.2, 0) is 14.8 Å². The van der Waals surface area contributed by atoms with Gasteiger partial charge >= 0.3 is 5.97 Å². The minimum atomic E-state index is -3.35. The molecule has 6 heteroatoms. The lowest BCUT2D eigenvalue weighted by Gasteiger charge is -2.36. The van der Waals surface area contributed by atoms with Crippen molar-refractivity contribution in [3.63, 3.8) is 0 Å². The first-order valence-corrected chi connectivity index (χ1v) is 8.65. The van der Waals surface area contributed by atoms with E-state index >= 15 is 0 Å². The van der Waals surface area contributed by atoms with Crippen LogP contribution < -0.4 is 0 Å². The third-order valence-corrected chi connectivity index (χ3v) is 6.25. The lowest BCUT2D eigenvalue weighted by Crippen LogP contribution is -2.48. The summed E-state index contributed by atoms with van der Waals surface area (Å²) in [6.07, 6.45) is 2.85. The lowest BCUT2D eigenvalue weighted by atomic mass is 9.96. The van der Waals surface area contributed by atoms with E-state index in [1.165, 1.54) is 4.31 Å². The molecule has 1 heterocycles. The highest BCUT2D eigenvalue weighted by atomic mass is 32.2. The summed E-state index contributed by atoms with van der Waals surface area (Å²) in [4.78, 5) is 11.0. The average Bonchev–Trinajstić information content (AvgIpc) is 2.35. The largest absolute Gasteiger partial charge is 0.481 e. The maximum absolute atomic E-state index is 12.4. The fourth-order valence-electron chi connectivity index (χ4n) is 2.58. The number of nitrogens with zero attached hydrogens (tertiary/aromatic N) is 1. The topological polar surface area (TPSA) is 74.7 Å². The average molecular weight is 291 g/mol. The predicted octanol–water partition coefficient (Wildman–Crippen LogP) is 1.94. The molecule has 112 valence electrons. The van der Waals surface area contributed by atoms with E-state index in [1.54, 1.807) is 0 Å². The first-order chi connectivity index (χ1) is 8.81. The van der Waals surface area contributed by atoms with Crippen molar-refractivity contribution < 1.29 is 18.3 Å². The number of piperidine rings is 1. The maximum Gasteiger partial charge on any atom is 0.307 e. The zero-order valence-corrected chi connectivity index (χ0v) is 12.8. The first-order valence-electron chi connectivity index (χ1n) is 7.04. The molecule has 1 rings (SSSR count). The highest BCUT2D eigenvalue weighted by Crippen LogP contribution is 2.26. The Balaban J connectivity index is 2.82. The lowest BCUT2D eigenvalue weighted by molar-refractivity contribution is -0.143. The normalized spacial score (nSPS) is 25.7. The molecule has 0 bridgehead atoms. The second-order valence-electron chi connectivity index (χ2n) is 5.49. The number of sulfonamides is 1. The summed E-state index contributed by atoms with van der Waals surface area (Å²) in [7, 11) is -3.35. The molecule has 1 N–H and O–H groups in total. The van der Waals surface area contributed by atoms with Crippen LogP contribution in [0.25, 0.3) is 0 Å². The minimum Gasteiger partial charge on any atom is -0.481 e. The Labute approximate surface area is 116 Å². The number of rotatable bonds is 6.